The van der Waals surface area contributed by atoms with Crippen molar-refractivity contribution in [3.05, 3.63) is 78.9 Å². The third-order valence-electron chi connectivity index (χ3n) is 11.1. The van der Waals surface area contributed by atoms with Crippen LogP contribution in [-0.4, -0.2) is 47.6 Å². The van der Waals surface area contributed by atoms with Gasteiger partial charge in [0.15, 0.2) is 16.6 Å². The Labute approximate surface area is 315 Å². The van der Waals surface area contributed by atoms with Gasteiger partial charge in [-0.1, -0.05) is 143 Å². The van der Waals surface area contributed by atoms with Gasteiger partial charge in [0.2, 0.25) is 0 Å². The number of primary amides is 1. The maximum atomic E-state index is 12.1. The number of hydrogen-bond donors (Lipinski definition) is 1. The lowest BCUT2D eigenvalue weighted by Crippen LogP contribution is -2.50. The van der Waals surface area contributed by atoms with Crippen LogP contribution in [0.1, 0.15) is 89.5 Å². The minimum atomic E-state index is -2.20. The molecule has 2 N–H and O–H groups in total. The van der Waals surface area contributed by atoms with Gasteiger partial charge in [-0.2, -0.15) is 0 Å². The van der Waals surface area contributed by atoms with Crippen LogP contribution in [0.25, 0.3) is 0 Å². The second kappa shape index (κ2) is 20.2. The van der Waals surface area contributed by atoms with E-state index >= 15 is 0 Å². The van der Waals surface area contributed by atoms with Crippen molar-refractivity contribution in [3.8, 4) is 5.75 Å². The van der Waals surface area contributed by atoms with Gasteiger partial charge in [-0.25, -0.2) is 4.79 Å². The molecule has 0 radical (unpaired) electrons. The number of para-hydroxylation sites is 1. The quantitative estimate of drug-likeness (QED) is 0.0817. The van der Waals surface area contributed by atoms with Crippen LogP contribution < -0.4 is 10.5 Å². The summed E-state index contributed by atoms with van der Waals surface area (Å²) in [5.74, 6) is 1.20. The van der Waals surface area contributed by atoms with Gasteiger partial charge in [0.05, 0.1) is 12.2 Å². The maximum absolute atomic E-state index is 12.1. The van der Waals surface area contributed by atoms with Gasteiger partial charge in [-0.05, 0) is 79.5 Å². The molecule has 4 unspecified atom stereocenters. The normalized spacial score (nSPS) is 18.5. The third kappa shape index (κ3) is 15.2. The summed E-state index contributed by atoms with van der Waals surface area (Å²) in [5, 5.41) is 0.104. The number of allylic oxidation sites excluding steroid dienone is 3. The van der Waals surface area contributed by atoms with Crippen molar-refractivity contribution in [1.82, 2.24) is 0 Å². The molecule has 0 bridgehead atoms. The summed E-state index contributed by atoms with van der Waals surface area (Å²) in [6, 6.07) is 9.92. The SMILES string of the molecule is C=C/C=C\[C@H](C)C(OC(N)=O)C(C)C(O[Si](C)(C)C(C)(C)C)C(C)C/C(C)=C\[C@H](C)[C@@H](O[Si](C)(C)C(C)(C)C)[C@@H](C)/C=C\COc1ccccc1. The Bertz CT molecular complexity index is 1290. The van der Waals surface area contributed by atoms with Crippen molar-refractivity contribution >= 4 is 22.7 Å². The predicted octanol–water partition coefficient (Wildman–Crippen LogP) is 12.1. The summed E-state index contributed by atoms with van der Waals surface area (Å²) in [6.45, 7) is 40.5. The van der Waals surface area contributed by atoms with Gasteiger partial charge in [0.25, 0.3) is 0 Å². The van der Waals surface area contributed by atoms with Crippen molar-refractivity contribution in [2.75, 3.05) is 6.61 Å². The van der Waals surface area contributed by atoms with Crippen LogP contribution in [0.2, 0.25) is 36.3 Å². The zero-order chi connectivity index (χ0) is 39.4. The lowest BCUT2D eigenvalue weighted by Gasteiger charge is -2.45. The lowest BCUT2D eigenvalue weighted by molar-refractivity contribution is -0.0207. The van der Waals surface area contributed by atoms with Gasteiger partial charge in [0, 0.05) is 11.8 Å². The van der Waals surface area contributed by atoms with Crippen LogP contribution in [0, 0.1) is 29.6 Å². The number of carbonyl (C=O) groups excluding carboxylic acids is 1. The van der Waals surface area contributed by atoms with Gasteiger partial charge in [0.1, 0.15) is 18.5 Å². The molecule has 0 aliphatic heterocycles. The fraction of sp³-hybridized carbons (Fsp3) is 0.651. The van der Waals surface area contributed by atoms with Crippen LogP contribution in [0.4, 0.5) is 4.79 Å². The summed E-state index contributed by atoms with van der Waals surface area (Å²) in [6.07, 6.45) is 11.9. The number of rotatable bonds is 20. The van der Waals surface area contributed by atoms with E-state index in [0.717, 1.165) is 12.2 Å². The van der Waals surface area contributed by atoms with Crippen molar-refractivity contribution in [1.29, 1.82) is 0 Å². The topological polar surface area (TPSA) is 80.0 Å². The molecule has 0 spiro atoms. The average Bonchev–Trinajstić information content (AvgIpc) is 3.00. The van der Waals surface area contributed by atoms with Crippen molar-refractivity contribution < 1.29 is 23.1 Å². The second-order valence-electron chi connectivity index (χ2n) is 17.9. The minimum Gasteiger partial charge on any atom is -0.490 e. The molecule has 0 aliphatic carbocycles. The molecule has 8 heteroatoms. The molecule has 0 aromatic heterocycles. The third-order valence-corrected chi connectivity index (χ3v) is 20.1. The molecule has 1 aromatic rings. The van der Waals surface area contributed by atoms with E-state index in [0.29, 0.717) is 6.61 Å². The van der Waals surface area contributed by atoms with E-state index < -0.39 is 28.8 Å². The van der Waals surface area contributed by atoms with E-state index in [1.165, 1.54) is 5.57 Å². The molecule has 290 valence electrons. The van der Waals surface area contributed by atoms with E-state index in [4.69, 9.17) is 24.1 Å². The highest BCUT2D eigenvalue weighted by atomic mass is 28.4. The second-order valence-corrected chi connectivity index (χ2v) is 27.4. The number of benzene rings is 1. The Hall–Kier alpha value is -2.40. The monoisotopic (exact) mass is 742 g/mol. The predicted molar refractivity (Wildman–Crippen MR) is 223 cm³/mol. The first kappa shape index (κ1) is 46.6. The molecule has 0 fully saturated rings. The first-order chi connectivity index (χ1) is 23.3. The highest BCUT2D eigenvalue weighted by Gasteiger charge is 2.44. The van der Waals surface area contributed by atoms with Crippen LogP contribution in [0.3, 0.4) is 0 Å². The van der Waals surface area contributed by atoms with Crippen LogP contribution in [0.15, 0.2) is 78.9 Å². The van der Waals surface area contributed by atoms with Gasteiger partial charge in [-0.15, -0.1) is 0 Å². The Kier molecular flexibility index (Phi) is 18.4. The zero-order valence-corrected chi connectivity index (χ0v) is 37.2. The fourth-order valence-corrected chi connectivity index (χ4v) is 9.07. The molecule has 1 amide bonds. The number of nitrogens with two attached hydrogens (primary N) is 1. The first-order valence-electron chi connectivity index (χ1n) is 19.0. The largest absolute Gasteiger partial charge is 0.490 e. The summed E-state index contributed by atoms with van der Waals surface area (Å²) >= 11 is 0. The summed E-state index contributed by atoms with van der Waals surface area (Å²) < 4.78 is 26.2. The molecular formula is C43H75NO5Si2. The summed E-state index contributed by atoms with van der Waals surface area (Å²) in [4.78, 5) is 12.1. The van der Waals surface area contributed by atoms with Crippen molar-refractivity contribution in [3.63, 3.8) is 0 Å². The molecule has 0 heterocycles. The molecular weight excluding hydrogens is 667 g/mol. The van der Waals surface area contributed by atoms with E-state index in [9.17, 15) is 4.79 Å². The first-order valence-corrected chi connectivity index (χ1v) is 24.8. The summed E-state index contributed by atoms with van der Waals surface area (Å²) in [7, 11) is -4.27. The molecule has 1 rings (SSSR count). The number of ether oxygens (including phenoxy) is 2. The van der Waals surface area contributed by atoms with Gasteiger partial charge >= 0.3 is 6.09 Å². The number of carbonyl (C=O) groups is 1. The standard InChI is InChI=1S/C43H75NO5Si2/c1-18-19-24-33(4)39(47-41(44)45)36(7)40(49-51(16,17)43(11,12)13)35(6)30-31(2)29-34(5)38(48-50(14,15)42(8,9)10)32(3)25-23-28-46-37-26-21-20-22-27-37/h18-27,29,32-36,38-40H,1,28,30H2,2-17H3,(H2,44,45)/b24-19-,25-23-,31-29-/t32-,33-,34-,35?,36?,38-,39?,40?/m0/s1. The molecule has 0 saturated carbocycles. The van der Waals surface area contributed by atoms with E-state index in [1.807, 2.05) is 42.5 Å². The van der Waals surface area contributed by atoms with Crippen molar-refractivity contribution in [2.45, 2.75) is 144 Å². The van der Waals surface area contributed by atoms with Crippen molar-refractivity contribution in [2.24, 2.45) is 35.3 Å². The Balaban J connectivity index is 3.45. The highest BCUT2D eigenvalue weighted by Crippen LogP contribution is 2.42. The number of hydrogen-bond acceptors (Lipinski definition) is 5. The Morgan fingerprint density at radius 3 is 1.80 bits per heavy atom. The van der Waals surface area contributed by atoms with E-state index in [-0.39, 0.29) is 51.9 Å². The fourth-order valence-electron chi connectivity index (χ4n) is 6.12. The lowest BCUT2D eigenvalue weighted by atomic mass is 9.81. The average molecular weight is 742 g/mol. The molecule has 8 atom stereocenters. The maximum Gasteiger partial charge on any atom is 0.404 e. The van der Waals surface area contributed by atoms with Crippen LogP contribution in [-0.2, 0) is 13.6 Å². The zero-order valence-electron chi connectivity index (χ0n) is 35.2. The molecule has 51 heavy (non-hydrogen) atoms. The molecule has 1 aromatic carbocycles. The summed E-state index contributed by atoms with van der Waals surface area (Å²) in [5.41, 5.74) is 6.92. The number of amides is 1. The minimum absolute atomic E-state index is 0.00756. The van der Waals surface area contributed by atoms with E-state index in [2.05, 4.69) is 134 Å². The Morgan fingerprint density at radius 2 is 1.31 bits per heavy atom. The molecule has 6 nitrogen and oxygen atoms in total. The Morgan fingerprint density at radius 1 is 0.804 bits per heavy atom. The molecule has 0 aliphatic rings. The van der Waals surface area contributed by atoms with Crippen LogP contribution in [0.5, 0.6) is 5.75 Å². The van der Waals surface area contributed by atoms with Gasteiger partial charge in [-0.3, -0.25) is 0 Å². The van der Waals surface area contributed by atoms with E-state index in [1.54, 1.807) is 6.08 Å². The molecule has 0 saturated heterocycles. The van der Waals surface area contributed by atoms with Crippen LogP contribution >= 0.6 is 0 Å². The smallest absolute Gasteiger partial charge is 0.404 e. The van der Waals surface area contributed by atoms with Gasteiger partial charge < -0.3 is 24.1 Å². The highest BCUT2D eigenvalue weighted by molar-refractivity contribution is 6.74.